The largest absolute Gasteiger partial charge is 0.356 e. The number of nitrogens with one attached hydrogen (secondary N) is 2. The first-order valence-corrected chi connectivity index (χ1v) is 7.76. The Morgan fingerprint density at radius 2 is 1.74 bits per heavy atom. The van der Waals surface area contributed by atoms with E-state index < -0.39 is 0 Å². The Labute approximate surface area is 123 Å². The van der Waals surface area contributed by atoms with E-state index in [0.29, 0.717) is 5.92 Å². The zero-order chi connectivity index (χ0) is 12.8. The van der Waals surface area contributed by atoms with Gasteiger partial charge in [0.2, 0.25) is 5.91 Å². The first-order valence-electron chi connectivity index (χ1n) is 7.76. The molecular formula is C15H29ClN2O. The number of halogens is 1. The van der Waals surface area contributed by atoms with Gasteiger partial charge in [0, 0.05) is 12.5 Å². The number of hydrogen-bond acceptors (Lipinski definition) is 2. The third-order valence-electron chi connectivity index (χ3n) is 4.72. The normalized spacial score (nSPS) is 23.4. The predicted octanol–water partition coefficient (Wildman–Crippen LogP) is 2.74. The second kappa shape index (κ2) is 8.80. The lowest BCUT2D eigenvalue weighted by Crippen LogP contribution is -2.50. The van der Waals surface area contributed by atoms with Crippen LogP contribution < -0.4 is 10.6 Å². The van der Waals surface area contributed by atoms with Gasteiger partial charge in [0.15, 0.2) is 0 Å². The molecule has 1 atom stereocenters. The quantitative estimate of drug-likeness (QED) is 0.835. The molecule has 2 rings (SSSR count). The molecule has 0 aromatic heterocycles. The van der Waals surface area contributed by atoms with Crippen LogP contribution in [0.25, 0.3) is 0 Å². The van der Waals surface area contributed by atoms with Crippen LogP contribution in [0.3, 0.4) is 0 Å². The third-order valence-corrected chi connectivity index (χ3v) is 4.72. The van der Waals surface area contributed by atoms with Crippen molar-refractivity contribution in [1.29, 1.82) is 0 Å². The maximum Gasteiger partial charge on any atom is 0.223 e. The van der Waals surface area contributed by atoms with Crippen molar-refractivity contribution in [2.45, 2.75) is 51.9 Å². The smallest absolute Gasteiger partial charge is 0.223 e. The van der Waals surface area contributed by atoms with Crippen molar-refractivity contribution in [2.24, 2.45) is 17.8 Å². The average Bonchev–Trinajstić information content (AvgIpc) is 2.24. The SMILES string of the molecule is CC(C(=O)NCC1CCCCCCC1)C1CNC1.Cl. The molecule has 19 heavy (non-hydrogen) atoms. The van der Waals surface area contributed by atoms with Gasteiger partial charge in [-0.05, 0) is 37.8 Å². The molecule has 3 nitrogen and oxygen atoms in total. The molecule has 112 valence electrons. The van der Waals surface area contributed by atoms with Crippen LogP contribution in [-0.4, -0.2) is 25.5 Å². The summed E-state index contributed by atoms with van der Waals surface area (Å²) in [4.78, 5) is 12.0. The Bertz CT molecular complexity index is 261. The number of carbonyl (C=O) groups is 1. The van der Waals surface area contributed by atoms with Crippen molar-refractivity contribution in [3.63, 3.8) is 0 Å². The van der Waals surface area contributed by atoms with Crippen LogP contribution in [-0.2, 0) is 4.79 Å². The summed E-state index contributed by atoms with van der Waals surface area (Å²) in [6, 6.07) is 0. The van der Waals surface area contributed by atoms with Crippen LogP contribution >= 0.6 is 12.4 Å². The van der Waals surface area contributed by atoms with Gasteiger partial charge < -0.3 is 10.6 Å². The summed E-state index contributed by atoms with van der Waals surface area (Å²) in [6.45, 7) is 5.00. The average molecular weight is 289 g/mol. The topological polar surface area (TPSA) is 41.1 Å². The molecule has 1 saturated carbocycles. The molecule has 2 fully saturated rings. The molecule has 0 aromatic rings. The summed E-state index contributed by atoms with van der Waals surface area (Å²) < 4.78 is 0. The van der Waals surface area contributed by atoms with Gasteiger partial charge in [-0.15, -0.1) is 12.4 Å². The van der Waals surface area contributed by atoms with Crippen LogP contribution in [0.1, 0.15) is 51.9 Å². The van der Waals surface area contributed by atoms with E-state index in [1.54, 1.807) is 0 Å². The van der Waals surface area contributed by atoms with Gasteiger partial charge in [0.25, 0.3) is 0 Å². The molecule has 2 N–H and O–H groups in total. The van der Waals surface area contributed by atoms with Gasteiger partial charge in [-0.1, -0.05) is 39.0 Å². The minimum atomic E-state index is 0. The van der Waals surface area contributed by atoms with Crippen molar-refractivity contribution >= 4 is 18.3 Å². The zero-order valence-corrected chi connectivity index (χ0v) is 12.9. The molecule has 0 aromatic carbocycles. The van der Waals surface area contributed by atoms with Crippen molar-refractivity contribution in [3.05, 3.63) is 0 Å². The van der Waals surface area contributed by atoms with Crippen molar-refractivity contribution in [3.8, 4) is 0 Å². The van der Waals surface area contributed by atoms with Gasteiger partial charge >= 0.3 is 0 Å². The van der Waals surface area contributed by atoms with E-state index in [-0.39, 0.29) is 24.2 Å². The first-order chi connectivity index (χ1) is 8.77. The fourth-order valence-electron chi connectivity index (χ4n) is 3.03. The highest BCUT2D eigenvalue weighted by Crippen LogP contribution is 2.22. The van der Waals surface area contributed by atoms with Crippen LogP contribution in [0.15, 0.2) is 0 Å². The minimum Gasteiger partial charge on any atom is -0.356 e. The molecule has 1 amide bonds. The van der Waals surface area contributed by atoms with E-state index >= 15 is 0 Å². The Morgan fingerprint density at radius 3 is 2.26 bits per heavy atom. The third kappa shape index (κ3) is 5.31. The number of rotatable bonds is 4. The number of carbonyl (C=O) groups excluding carboxylic acids is 1. The highest BCUT2D eigenvalue weighted by molar-refractivity contribution is 5.85. The number of amides is 1. The van der Waals surface area contributed by atoms with Crippen LogP contribution in [0.2, 0.25) is 0 Å². The summed E-state index contributed by atoms with van der Waals surface area (Å²) in [7, 11) is 0. The van der Waals surface area contributed by atoms with Gasteiger partial charge in [-0.2, -0.15) is 0 Å². The fraction of sp³-hybridized carbons (Fsp3) is 0.933. The first kappa shape index (κ1) is 16.8. The minimum absolute atomic E-state index is 0. The lowest BCUT2D eigenvalue weighted by atomic mass is 9.87. The van der Waals surface area contributed by atoms with E-state index in [2.05, 4.69) is 17.6 Å². The Balaban J connectivity index is 0.00000180. The summed E-state index contributed by atoms with van der Waals surface area (Å²) >= 11 is 0. The Kier molecular flexibility index (Phi) is 7.77. The van der Waals surface area contributed by atoms with Crippen molar-refractivity contribution < 1.29 is 4.79 Å². The summed E-state index contributed by atoms with van der Waals surface area (Å²) in [5.74, 6) is 1.73. The fourth-order valence-corrected chi connectivity index (χ4v) is 3.03. The lowest BCUT2D eigenvalue weighted by Gasteiger charge is -2.32. The van der Waals surface area contributed by atoms with Gasteiger partial charge in [-0.25, -0.2) is 0 Å². The lowest BCUT2D eigenvalue weighted by molar-refractivity contribution is -0.126. The van der Waals surface area contributed by atoms with Crippen molar-refractivity contribution in [1.82, 2.24) is 10.6 Å². The molecule has 0 spiro atoms. The van der Waals surface area contributed by atoms with E-state index in [1.807, 2.05) is 0 Å². The zero-order valence-electron chi connectivity index (χ0n) is 12.1. The molecule has 1 heterocycles. The molecule has 2 aliphatic rings. The second-order valence-corrected chi connectivity index (χ2v) is 6.16. The van der Waals surface area contributed by atoms with Crippen LogP contribution in [0.5, 0.6) is 0 Å². The summed E-state index contributed by atoms with van der Waals surface area (Å²) in [5.41, 5.74) is 0. The molecular weight excluding hydrogens is 260 g/mol. The van der Waals surface area contributed by atoms with E-state index in [4.69, 9.17) is 0 Å². The summed E-state index contributed by atoms with van der Waals surface area (Å²) in [5, 5.41) is 6.42. The van der Waals surface area contributed by atoms with Gasteiger partial charge in [0.05, 0.1) is 0 Å². The van der Waals surface area contributed by atoms with E-state index in [1.165, 1.54) is 44.9 Å². The van der Waals surface area contributed by atoms with Crippen LogP contribution in [0, 0.1) is 17.8 Å². The highest BCUT2D eigenvalue weighted by Gasteiger charge is 2.28. The maximum atomic E-state index is 12.0. The van der Waals surface area contributed by atoms with Gasteiger partial charge in [-0.3, -0.25) is 4.79 Å². The molecule has 1 unspecified atom stereocenters. The van der Waals surface area contributed by atoms with Gasteiger partial charge in [0.1, 0.15) is 0 Å². The maximum absolute atomic E-state index is 12.0. The molecule has 1 saturated heterocycles. The monoisotopic (exact) mass is 288 g/mol. The number of hydrogen-bond donors (Lipinski definition) is 2. The second-order valence-electron chi connectivity index (χ2n) is 6.16. The van der Waals surface area contributed by atoms with Crippen molar-refractivity contribution in [2.75, 3.05) is 19.6 Å². The van der Waals surface area contributed by atoms with E-state index in [9.17, 15) is 4.79 Å². The van der Waals surface area contributed by atoms with Crippen LogP contribution in [0.4, 0.5) is 0 Å². The molecule has 1 aliphatic carbocycles. The molecule has 0 bridgehead atoms. The molecule has 0 radical (unpaired) electrons. The molecule has 1 aliphatic heterocycles. The van der Waals surface area contributed by atoms with E-state index in [0.717, 1.165) is 25.6 Å². The summed E-state index contributed by atoms with van der Waals surface area (Å²) in [6.07, 6.45) is 9.48. The Morgan fingerprint density at radius 1 is 1.16 bits per heavy atom. The molecule has 4 heteroatoms. The predicted molar refractivity (Wildman–Crippen MR) is 81.6 cm³/mol. The standard InChI is InChI=1S/C15H28N2O.ClH/c1-12(14-10-16-11-14)15(18)17-9-13-7-5-3-2-4-6-8-13;/h12-14,16H,2-11H2,1H3,(H,17,18);1H. The highest BCUT2D eigenvalue weighted by atomic mass is 35.5. The Hall–Kier alpha value is -0.280.